The Balaban J connectivity index is 1.81. The molecule has 0 aliphatic heterocycles. The Bertz CT molecular complexity index is 314. The van der Waals surface area contributed by atoms with Gasteiger partial charge in [-0.15, -0.1) is 0 Å². The molecule has 0 heterocycles. The lowest BCUT2D eigenvalue weighted by Gasteiger charge is -2.19. The van der Waals surface area contributed by atoms with Gasteiger partial charge in [0.2, 0.25) is 0 Å². The lowest BCUT2D eigenvalue weighted by Crippen LogP contribution is -2.35. The first kappa shape index (κ1) is 11.5. The second-order valence-corrected chi connectivity index (χ2v) is 4.92. The van der Waals surface area contributed by atoms with Gasteiger partial charge in [0, 0.05) is 12.1 Å². The molecule has 1 aromatic carbocycles. The minimum absolute atomic E-state index is 0.347. The summed E-state index contributed by atoms with van der Waals surface area (Å²) in [4.78, 5) is 0. The Morgan fingerprint density at radius 2 is 1.88 bits per heavy atom. The summed E-state index contributed by atoms with van der Waals surface area (Å²) in [5.74, 6) is 0.347. The van der Waals surface area contributed by atoms with Crippen molar-refractivity contribution in [2.75, 3.05) is 0 Å². The van der Waals surface area contributed by atoms with Crippen LogP contribution in [0.15, 0.2) is 24.3 Å². The molecule has 16 heavy (non-hydrogen) atoms. The number of rotatable bonds is 4. The molecule has 2 nitrogen and oxygen atoms in total. The molecule has 2 N–H and O–H groups in total. The SMILES string of the molecule is CC(Cc1ccc(O)cc1)NC1CCCC1. The summed E-state index contributed by atoms with van der Waals surface area (Å²) in [6.07, 6.45) is 6.46. The van der Waals surface area contributed by atoms with Crippen molar-refractivity contribution in [2.45, 2.75) is 51.1 Å². The number of phenols is 1. The van der Waals surface area contributed by atoms with E-state index in [4.69, 9.17) is 0 Å². The summed E-state index contributed by atoms with van der Waals surface area (Å²) in [7, 11) is 0. The molecule has 0 aromatic heterocycles. The Labute approximate surface area is 97.7 Å². The molecule has 0 amide bonds. The van der Waals surface area contributed by atoms with Crippen molar-refractivity contribution in [3.63, 3.8) is 0 Å². The van der Waals surface area contributed by atoms with Crippen LogP contribution in [0.1, 0.15) is 38.2 Å². The average molecular weight is 219 g/mol. The third kappa shape index (κ3) is 3.24. The number of hydrogen-bond donors (Lipinski definition) is 2. The summed E-state index contributed by atoms with van der Waals surface area (Å²) >= 11 is 0. The van der Waals surface area contributed by atoms with E-state index in [0.29, 0.717) is 11.8 Å². The molecule has 0 radical (unpaired) electrons. The molecule has 2 heteroatoms. The fraction of sp³-hybridized carbons (Fsp3) is 0.571. The fourth-order valence-corrected chi connectivity index (χ4v) is 2.54. The van der Waals surface area contributed by atoms with Gasteiger partial charge in [-0.05, 0) is 43.9 Å². The molecule has 1 aliphatic carbocycles. The smallest absolute Gasteiger partial charge is 0.115 e. The zero-order valence-electron chi connectivity index (χ0n) is 9.95. The first-order valence-corrected chi connectivity index (χ1v) is 6.28. The summed E-state index contributed by atoms with van der Waals surface area (Å²) in [5, 5.41) is 12.9. The molecule has 88 valence electrons. The van der Waals surface area contributed by atoms with Crippen LogP contribution >= 0.6 is 0 Å². The van der Waals surface area contributed by atoms with Gasteiger partial charge >= 0.3 is 0 Å². The fourth-order valence-electron chi connectivity index (χ4n) is 2.54. The molecule has 0 saturated heterocycles. The van der Waals surface area contributed by atoms with Gasteiger partial charge in [-0.1, -0.05) is 25.0 Å². The maximum Gasteiger partial charge on any atom is 0.115 e. The Morgan fingerprint density at radius 3 is 2.50 bits per heavy atom. The van der Waals surface area contributed by atoms with Crippen LogP contribution in [0.5, 0.6) is 5.75 Å². The maximum atomic E-state index is 9.20. The third-order valence-corrected chi connectivity index (χ3v) is 3.35. The molecule has 0 bridgehead atoms. The highest BCUT2D eigenvalue weighted by Crippen LogP contribution is 2.19. The zero-order valence-corrected chi connectivity index (χ0v) is 9.95. The highest BCUT2D eigenvalue weighted by molar-refractivity contribution is 5.26. The normalized spacial score (nSPS) is 18.8. The molecule has 1 atom stereocenters. The quantitative estimate of drug-likeness (QED) is 0.816. The lowest BCUT2D eigenvalue weighted by atomic mass is 10.1. The molecule has 1 unspecified atom stereocenters. The molecular formula is C14H21NO. The molecule has 1 aliphatic rings. The van der Waals surface area contributed by atoms with Crippen LogP contribution < -0.4 is 5.32 Å². The number of benzene rings is 1. The van der Waals surface area contributed by atoms with E-state index in [-0.39, 0.29) is 0 Å². The Hall–Kier alpha value is -1.02. The van der Waals surface area contributed by atoms with E-state index in [9.17, 15) is 5.11 Å². The lowest BCUT2D eigenvalue weighted by molar-refractivity contribution is 0.447. The predicted octanol–water partition coefficient (Wildman–Crippen LogP) is 2.86. The van der Waals surface area contributed by atoms with E-state index in [1.54, 1.807) is 12.1 Å². The predicted molar refractivity (Wildman–Crippen MR) is 66.7 cm³/mol. The summed E-state index contributed by atoms with van der Waals surface area (Å²) in [5.41, 5.74) is 1.29. The first-order chi connectivity index (χ1) is 7.74. The van der Waals surface area contributed by atoms with Crippen LogP contribution in [-0.2, 0) is 6.42 Å². The first-order valence-electron chi connectivity index (χ1n) is 6.28. The number of phenolic OH excluding ortho intramolecular Hbond substituents is 1. The van der Waals surface area contributed by atoms with Crippen LogP contribution in [0.2, 0.25) is 0 Å². The monoisotopic (exact) mass is 219 g/mol. The van der Waals surface area contributed by atoms with Crippen molar-refractivity contribution in [1.29, 1.82) is 0 Å². The standard InChI is InChI=1S/C14H21NO/c1-11(15-13-4-2-3-5-13)10-12-6-8-14(16)9-7-12/h6-9,11,13,15-16H,2-5,10H2,1H3. The molecule has 1 aromatic rings. The van der Waals surface area contributed by atoms with Crippen LogP contribution in [0.25, 0.3) is 0 Å². The Kier molecular flexibility index (Phi) is 3.83. The van der Waals surface area contributed by atoms with Gasteiger partial charge in [0.1, 0.15) is 5.75 Å². The van der Waals surface area contributed by atoms with Gasteiger partial charge in [0.25, 0.3) is 0 Å². The van der Waals surface area contributed by atoms with Gasteiger partial charge in [-0.2, -0.15) is 0 Å². The van der Waals surface area contributed by atoms with Crippen molar-refractivity contribution in [3.8, 4) is 5.75 Å². The van der Waals surface area contributed by atoms with Crippen molar-refractivity contribution in [3.05, 3.63) is 29.8 Å². The maximum absolute atomic E-state index is 9.20. The third-order valence-electron chi connectivity index (χ3n) is 3.35. The van der Waals surface area contributed by atoms with E-state index in [1.165, 1.54) is 31.2 Å². The summed E-state index contributed by atoms with van der Waals surface area (Å²) in [6.45, 7) is 2.24. The van der Waals surface area contributed by atoms with Crippen molar-refractivity contribution >= 4 is 0 Å². The van der Waals surface area contributed by atoms with E-state index in [1.807, 2.05) is 12.1 Å². The van der Waals surface area contributed by atoms with Crippen LogP contribution in [0, 0.1) is 0 Å². The highest BCUT2D eigenvalue weighted by atomic mass is 16.3. The minimum Gasteiger partial charge on any atom is -0.508 e. The van der Waals surface area contributed by atoms with Crippen LogP contribution in [-0.4, -0.2) is 17.2 Å². The average Bonchev–Trinajstić information content (AvgIpc) is 2.74. The van der Waals surface area contributed by atoms with Crippen LogP contribution in [0.3, 0.4) is 0 Å². The molecule has 1 saturated carbocycles. The number of hydrogen-bond acceptors (Lipinski definition) is 2. The van der Waals surface area contributed by atoms with Crippen LogP contribution in [0.4, 0.5) is 0 Å². The minimum atomic E-state index is 0.347. The van der Waals surface area contributed by atoms with E-state index in [0.717, 1.165) is 12.5 Å². The van der Waals surface area contributed by atoms with Gasteiger partial charge in [0.05, 0.1) is 0 Å². The van der Waals surface area contributed by atoms with Crippen molar-refractivity contribution < 1.29 is 5.11 Å². The van der Waals surface area contributed by atoms with E-state index >= 15 is 0 Å². The topological polar surface area (TPSA) is 32.3 Å². The highest BCUT2D eigenvalue weighted by Gasteiger charge is 2.16. The van der Waals surface area contributed by atoms with Crippen molar-refractivity contribution in [1.82, 2.24) is 5.32 Å². The molecule has 1 fully saturated rings. The van der Waals surface area contributed by atoms with Gasteiger partial charge < -0.3 is 10.4 Å². The summed E-state index contributed by atoms with van der Waals surface area (Å²) in [6, 6.07) is 8.78. The second kappa shape index (κ2) is 5.35. The second-order valence-electron chi connectivity index (χ2n) is 4.92. The van der Waals surface area contributed by atoms with Crippen molar-refractivity contribution in [2.24, 2.45) is 0 Å². The van der Waals surface area contributed by atoms with E-state index < -0.39 is 0 Å². The van der Waals surface area contributed by atoms with Gasteiger partial charge in [0.15, 0.2) is 0 Å². The summed E-state index contributed by atoms with van der Waals surface area (Å²) < 4.78 is 0. The van der Waals surface area contributed by atoms with E-state index in [2.05, 4.69) is 12.2 Å². The largest absolute Gasteiger partial charge is 0.508 e. The number of nitrogens with one attached hydrogen (secondary N) is 1. The Morgan fingerprint density at radius 1 is 1.25 bits per heavy atom. The molecule has 0 spiro atoms. The number of aromatic hydroxyl groups is 1. The van der Waals surface area contributed by atoms with Gasteiger partial charge in [-0.25, -0.2) is 0 Å². The zero-order chi connectivity index (χ0) is 11.4. The van der Waals surface area contributed by atoms with Gasteiger partial charge in [-0.3, -0.25) is 0 Å². The molecular weight excluding hydrogens is 198 g/mol. The molecule has 2 rings (SSSR count).